The molecule has 1 rings (SSSR count). The lowest BCUT2D eigenvalue weighted by Crippen LogP contribution is -2.58. The Morgan fingerprint density at radius 1 is 1.19 bits per heavy atom. The Bertz CT molecular complexity index is 647. The molecule has 0 spiro atoms. The first-order chi connectivity index (χ1) is 12.0. The van der Waals surface area contributed by atoms with E-state index in [1.54, 1.807) is 20.8 Å². The average Bonchev–Trinajstić information content (AvgIpc) is 2.57. The maximum absolute atomic E-state index is 12.1. The maximum Gasteiger partial charge on any atom is 0.324 e. The molecule has 0 saturated heterocycles. The van der Waals surface area contributed by atoms with E-state index in [0.29, 0.717) is 12.0 Å². The van der Waals surface area contributed by atoms with Crippen LogP contribution in [0.3, 0.4) is 0 Å². The van der Waals surface area contributed by atoms with Crippen LogP contribution < -0.4 is 5.73 Å². The number of phenolic OH excluding ortho intramolecular Hbond substituents is 2. The summed E-state index contributed by atoms with van der Waals surface area (Å²) in [5.41, 5.74) is 4.92. The lowest BCUT2D eigenvalue weighted by molar-refractivity contribution is -0.161. The second-order valence-electron chi connectivity index (χ2n) is 6.97. The van der Waals surface area contributed by atoms with Crippen molar-refractivity contribution >= 4 is 11.9 Å². The summed E-state index contributed by atoms with van der Waals surface area (Å²) in [5, 5.41) is 28.7. The molecule has 7 nitrogen and oxygen atoms in total. The standard InChI is InChI=1S/C19H29NO6/c1-5-6-11(2)17(23)26-13(4)12(3)19(20,18(24)25)10-14-7-8-15(21)16(22)9-14/h7-9,11-13,21-22H,5-6,10,20H2,1-4H3,(H,24,25)/t11?,12-,13+,19-/m1/s1. The highest BCUT2D eigenvalue weighted by Gasteiger charge is 2.44. The first-order valence-corrected chi connectivity index (χ1v) is 8.76. The van der Waals surface area contributed by atoms with E-state index in [1.165, 1.54) is 18.2 Å². The lowest BCUT2D eigenvalue weighted by Gasteiger charge is -2.35. The number of hydrogen-bond acceptors (Lipinski definition) is 6. The SMILES string of the molecule is CCCC(C)C(=O)O[C@@H](C)[C@@H](C)[C@](N)(Cc1ccc(O)c(O)c1)C(=O)O. The summed E-state index contributed by atoms with van der Waals surface area (Å²) in [7, 11) is 0. The summed E-state index contributed by atoms with van der Waals surface area (Å²) in [5.74, 6) is -3.21. The highest BCUT2D eigenvalue weighted by Crippen LogP contribution is 2.30. The number of carboxylic acid groups (broad SMARTS) is 1. The molecule has 146 valence electrons. The normalized spacial score (nSPS) is 17.0. The van der Waals surface area contributed by atoms with Crippen molar-refractivity contribution in [2.75, 3.05) is 0 Å². The van der Waals surface area contributed by atoms with Crippen molar-refractivity contribution in [2.24, 2.45) is 17.6 Å². The summed E-state index contributed by atoms with van der Waals surface area (Å²) in [6, 6.07) is 4.03. The molecule has 0 aliphatic heterocycles. The number of phenols is 2. The number of hydrogen-bond donors (Lipinski definition) is 4. The van der Waals surface area contributed by atoms with Crippen LogP contribution in [0, 0.1) is 11.8 Å². The number of aromatic hydroxyl groups is 2. The average molecular weight is 367 g/mol. The summed E-state index contributed by atoms with van der Waals surface area (Å²) in [4.78, 5) is 24.0. The summed E-state index contributed by atoms with van der Waals surface area (Å²) < 4.78 is 5.43. The fraction of sp³-hybridized carbons (Fsp3) is 0.579. The van der Waals surface area contributed by atoms with Gasteiger partial charge >= 0.3 is 11.9 Å². The van der Waals surface area contributed by atoms with E-state index in [-0.39, 0.29) is 29.8 Å². The zero-order valence-corrected chi connectivity index (χ0v) is 15.7. The maximum atomic E-state index is 12.1. The molecule has 1 unspecified atom stereocenters. The molecular weight excluding hydrogens is 338 g/mol. The van der Waals surface area contributed by atoms with Crippen LogP contribution in [0.2, 0.25) is 0 Å². The molecule has 26 heavy (non-hydrogen) atoms. The molecule has 5 N–H and O–H groups in total. The molecular formula is C19H29NO6. The quantitative estimate of drug-likeness (QED) is 0.389. The predicted octanol–water partition coefficient (Wildman–Crippen LogP) is 2.43. The zero-order valence-electron chi connectivity index (χ0n) is 15.7. The van der Waals surface area contributed by atoms with Gasteiger partial charge in [0.25, 0.3) is 0 Å². The molecule has 0 aliphatic rings. The van der Waals surface area contributed by atoms with Crippen LogP contribution >= 0.6 is 0 Å². The van der Waals surface area contributed by atoms with Gasteiger partial charge in [0.2, 0.25) is 0 Å². The Labute approximate surface area is 153 Å². The van der Waals surface area contributed by atoms with E-state index in [0.717, 1.165) is 6.42 Å². The number of esters is 1. The largest absolute Gasteiger partial charge is 0.504 e. The minimum Gasteiger partial charge on any atom is -0.504 e. The van der Waals surface area contributed by atoms with Crippen LogP contribution in [-0.2, 0) is 20.7 Å². The van der Waals surface area contributed by atoms with Gasteiger partial charge in [0.1, 0.15) is 11.6 Å². The van der Waals surface area contributed by atoms with Gasteiger partial charge in [-0.1, -0.05) is 33.3 Å². The molecule has 0 radical (unpaired) electrons. The van der Waals surface area contributed by atoms with Crippen molar-refractivity contribution in [1.82, 2.24) is 0 Å². The van der Waals surface area contributed by atoms with Gasteiger partial charge in [-0.2, -0.15) is 0 Å². The van der Waals surface area contributed by atoms with Crippen LogP contribution in [-0.4, -0.2) is 38.9 Å². The summed E-state index contributed by atoms with van der Waals surface area (Å²) >= 11 is 0. The summed E-state index contributed by atoms with van der Waals surface area (Å²) in [6.45, 7) is 6.99. The van der Waals surface area contributed by atoms with E-state index in [2.05, 4.69) is 0 Å². The second kappa shape index (κ2) is 8.89. The number of aliphatic carboxylic acids is 1. The van der Waals surface area contributed by atoms with Crippen molar-refractivity contribution in [2.45, 2.75) is 58.6 Å². The Kier molecular flexibility index (Phi) is 7.44. The van der Waals surface area contributed by atoms with E-state index in [9.17, 15) is 24.9 Å². The smallest absolute Gasteiger partial charge is 0.324 e. The van der Waals surface area contributed by atoms with Crippen LogP contribution in [0.4, 0.5) is 0 Å². The summed E-state index contributed by atoms with van der Waals surface area (Å²) in [6.07, 6.45) is 0.748. The molecule has 7 heteroatoms. The fourth-order valence-corrected chi connectivity index (χ4v) is 2.82. The Morgan fingerprint density at radius 3 is 2.31 bits per heavy atom. The molecule has 0 amide bonds. The molecule has 0 fully saturated rings. The van der Waals surface area contributed by atoms with E-state index in [4.69, 9.17) is 10.5 Å². The number of benzene rings is 1. The number of rotatable bonds is 9. The number of carbonyl (C=O) groups is 2. The topological polar surface area (TPSA) is 130 Å². The highest BCUT2D eigenvalue weighted by molar-refractivity contribution is 5.80. The zero-order chi connectivity index (χ0) is 20.1. The molecule has 0 heterocycles. The monoisotopic (exact) mass is 367 g/mol. The third-order valence-electron chi connectivity index (χ3n) is 4.88. The van der Waals surface area contributed by atoms with Gasteiger partial charge in [0.15, 0.2) is 11.5 Å². The molecule has 0 aromatic heterocycles. The minimum absolute atomic E-state index is 0.0935. The molecule has 0 bridgehead atoms. The van der Waals surface area contributed by atoms with E-state index < -0.39 is 23.5 Å². The van der Waals surface area contributed by atoms with Crippen molar-refractivity contribution in [3.8, 4) is 11.5 Å². The van der Waals surface area contributed by atoms with Crippen molar-refractivity contribution < 1.29 is 29.6 Å². The number of carboxylic acids is 1. The number of ether oxygens (including phenoxy) is 1. The predicted molar refractivity (Wildman–Crippen MR) is 96.8 cm³/mol. The van der Waals surface area contributed by atoms with Crippen LogP contribution in [0.5, 0.6) is 11.5 Å². The van der Waals surface area contributed by atoms with Gasteiger partial charge in [-0.05, 0) is 31.0 Å². The fourth-order valence-electron chi connectivity index (χ4n) is 2.82. The lowest BCUT2D eigenvalue weighted by atomic mass is 9.78. The Balaban J connectivity index is 2.96. The Hall–Kier alpha value is -2.28. The number of carbonyl (C=O) groups excluding carboxylic acids is 1. The molecule has 0 aliphatic carbocycles. The van der Waals surface area contributed by atoms with Gasteiger partial charge < -0.3 is 25.8 Å². The first-order valence-electron chi connectivity index (χ1n) is 8.76. The minimum atomic E-state index is -1.71. The van der Waals surface area contributed by atoms with Gasteiger partial charge in [-0.25, -0.2) is 0 Å². The van der Waals surface area contributed by atoms with E-state index in [1.807, 2.05) is 6.92 Å². The van der Waals surface area contributed by atoms with Crippen LogP contribution in [0.25, 0.3) is 0 Å². The molecule has 1 aromatic carbocycles. The molecule has 4 atom stereocenters. The first kappa shape index (κ1) is 21.8. The second-order valence-corrected chi connectivity index (χ2v) is 6.97. The Morgan fingerprint density at radius 2 is 1.81 bits per heavy atom. The molecule has 0 saturated carbocycles. The van der Waals surface area contributed by atoms with Gasteiger partial charge in [0.05, 0.1) is 5.92 Å². The van der Waals surface area contributed by atoms with E-state index >= 15 is 0 Å². The van der Waals surface area contributed by atoms with Crippen molar-refractivity contribution in [3.05, 3.63) is 23.8 Å². The van der Waals surface area contributed by atoms with Gasteiger partial charge in [-0.3, -0.25) is 9.59 Å². The van der Waals surface area contributed by atoms with Crippen molar-refractivity contribution in [1.29, 1.82) is 0 Å². The van der Waals surface area contributed by atoms with Crippen molar-refractivity contribution in [3.63, 3.8) is 0 Å². The third-order valence-corrected chi connectivity index (χ3v) is 4.88. The third kappa shape index (κ3) is 5.11. The van der Waals surface area contributed by atoms with Gasteiger partial charge in [0, 0.05) is 12.3 Å². The van der Waals surface area contributed by atoms with Crippen LogP contribution in [0.15, 0.2) is 18.2 Å². The van der Waals surface area contributed by atoms with Crippen LogP contribution in [0.1, 0.15) is 46.1 Å². The highest BCUT2D eigenvalue weighted by atomic mass is 16.5. The van der Waals surface area contributed by atoms with Gasteiger partial charge in [-0.15, -0.1) is 0 Å². The number of nitrogens with two attached hydrogens (primary N) is 1. The molecule has 1 aromatic rings.